The predicted molar refractivity (Wildman–Crippen MR) is 96.2 cm³/mol. The second-order valence-electron chi connectivity index (χ2n) is 6.64. The Morgan fingerprint density at radius 1 is 1.28 bits per heavy atom. The molecular formula is C19H21N5O. The minimum atomic E-state index is -0.0458. The Bertz CT molecular complexity index is 958. The standard InChI is InChI=1S/C19H21N5O/c1-12-8-15(13(2)21-12)10-24-7-5-17-16(11-24)19(25)23-18(22-17)14-4-3-6-20-9-14/h3-4,6,8-9,21H,5,7,10-11H2,1-2H3,(H,22,23,25). The van der Waals surface area contributed by atoms with Crippen LogP contribution in [0, 0.1) is 13.8 Å². The first-order chi connectivity index (χ1) is 12.1. The molecule has 3 aromatic heterocycles. The number of aromatic amines is 2. The van der Waals surface area contributed by atoms with Gasteiger partial charge in [-0.1, -0.05) is 0 Å². The van der Waals surface area contributed by atoms with Crippen molar-refractivity contribution in [2.45, 2.75) is 33.4 Å². The zero-order chi connectivity index (χ0) is 17.4. The minimum absolute atomic E-state index is 0.0458. The van der Waals surface area contributed by atoms with E-state index in [4.69, 9.17) is 0 Å². The third-order valence-electron chi connectivity index (χ3n) is 4.73. The topological polar surface area (TPSA) is 77.7 Å². The van der Waals surface area contributed by atoms with Crippen LogP contribution in [0.3, 0.4) is 0 Å². The van der Waals surface area contributed by atoms with Crippen molar-refractivity contribution >= 4 is 0 Å². The van der Waals surface area contributed by atoms with E-state index in [0.29, 0.717) is 12.4 Å². The van der Waals surface area contributed by atoms with Crippen LogP contribution in [0.2, 0.25) is 0 Å². The lowest BCUT2D eigenvalue weighted by Crippen LogP contribution is -2.35. The van der Waals surface area contributed by atoms with Gasteiger partial charge in [-0.15, -0.1) is 0 Å². The lowest BCUT2D eigenvalue weighted by atomic mass is 10.1. The third-order valence-corrected chi connectivity index (χ3v) is 4.73. The van der Waals surface area contributed by atoms with Gasteiger partial charge >= 0.3 is 0 Å². The first-order valence-corrected chi connectivity index (χ1v) is 8.50. The van der Waals surface area contributed by atoms with Crippen LogP contribution in [-0.4, -0.2) is 31.4 Å². The molecule has 2 N–H and O–H groups in total. The quantitative estimate of drug-likeness (QED) is 0.770. The van der Waals surface area contributed by atoms with E-state index in [1.165, 1.54) is 17.0 Å². The van der Waals surface area contributed by atoms with Crippen LogP contribution in [-0.2, 0) is 19.5 Å². The summed E-state index contributed by atoms with van der Waals surface area (Å²) in [4.78, 5) is 29.9. The van der Waals surface area contributed by atoms with Gasteiger partial charge < -0.3 is 9.97 Å². The van der Waals surface area contributed by atoms with E-state index >= 15 is 0 Å². The highest BCUT2D eigenvalue weighted by atomic mass is 16.1. The zero-order valence-electron chi connectivity index (χ0n) is 14.5. The highest BCUT2D eigenvalue weighted by molar-refractivity contribution is 5.53. The first kappa shape index (κ1) is 15.8. The average Bonchev–Trinajstić information content (AvgIpc) is 2.93. The molecule has 1 aliphatic heterocycles. The van der Waals surface area contributed by atoms with Crippen molar-refractivity contribution in [3.05, 3.63) is 69.2 Å². The summed E-state index contributed by atoms with van der Waals surface area (Å²) in [6, 6.07) is 5.93. The number of hydrogen-bond donors (Lipinski definition) is 2. The summed E-state index contributed by atoms with van der Waals surface area (Å²) in [5, 5.41) is 0. The molecule has 0 saturated carbocycles. The van der Waals surface area contributed by atoms with Gasteiger partial charge in [-0.25, -0.2) is 4.98 Å². The molecule has 0 spiro atoms. The maximum absolute atomic E-state index is 12.6. The summed E-state index contributed by atoms with van der Waals surface area (Å²) in [6.07, 6.45) is 4.22. The number of fused-ring (bicyclic) bond motifs is 1. The molecule has 0 amide bonds. The van der Waals surface area contributed by atoms with Gasteiger partial charge in [0.25, 0.3) is 5.56 Å². The summed E-state index contributed by atoms with van der Waals surface area (Å²) in [5.41, 5.74) is 6.13. The highest BCUT2D eigenvalue weighted by Gasteiger charge is 2.22. The van der Waals surface area contributed by atoms with Crippen molar-refractivity contribution in [3.63, 3.8) is 0 Å². The normalized spacial score (nSPS) is 14.5. The van der Waals surface area contributed by atoms with Crippen molar-refractivity contribution in [2.75, 3.05) is 6.54 Å². The maximum atomic E-state index is 12.6. The predicted octanol–water partition coefficient (Wildman–Crippen LogP) is 2.34. The molecule has 4 rings (SSSR count). The molecule has 25 heavy (non-hydrogen) atoms. The molecule has 0 fully saturated rings. The van der Waals surface area contributed by atoms with E-state index in [-0.39, 0.29) is 5.56 Å². The number of rotatable bonds is 3. The number of pyridine rings is 1. The van der Waals surface area contributed by atoms with Crippen molar-refractivity contribution in [3.8, 4) is 11.4 Å². The molecule has 0 atom stereocenters. The molecule has 0 radical (unpaired) electrons. The molecule has 3 aromatic rings. The maximum Gasteiger partial charge on any atom is 0.255 e. The van der Waals surface area contributed by atoms with Crippen molar-refractivity contribution in [2.24, 2.45) is 0 Å². The Kier molecular flexibility index (Phi) is 3.97. The van der Waals surface area contributed by atoms with E-state index in [9.17, 15) is 4.79 Å². The molecular weight excluding hydrogens is 314 g/mol. The number of H-pyrrole nitrogens is 2. The summed E-state index contributed by atoms with van der Waals surface area (Å²) >= 11 is 0. The monoisotopic (exact) mass is 335 g/mol. The largest absolute Gasteiger partial charge is 0.362 e. The van der Waals surface area contributed by atoms with Crippen LogP contribution in [0.25, 0.3) is 11.4 Å². The molecule has 0 aliphatic carbocycles. The fourth-order valence-electron chi connectivity index (χ4n) is 3.44. The molecule has 6 nitrogen and oxygen atoms in total. The zero-order valence-corrected chi connectivity index (χ0v) is 14.5. The average molecular weight is 335 g/mol. The van der Waals surface area contributed by atoms with Crippen molar-refractivity contribution in [1.29, 1.82) is 0 Å². The van der Waals surface area contributed by atoms with Gasteiger partial charge in [0, 0.05) is 55.4 Å². The molecule has 128 valence electrons. The first-order valence-electron chi connectivity index (χ1n) is 8.50. The van der Waals surface area contributed by atoms with Crippen LogP contribution >= 0.6 is 0 Å². The molecule has 0 bridgehead atoms. The fourth-order valence-corrected chi connectivity index (χ4v) is 3.44. The molecule has 6 heteroatoms. The van der Waals surface area contributed by atoms with Crippen molar-refractivity contribution in [1.82, 2.24) is 24.8 Å². The molecule has 0 saturated heterocycles. The number of aromatic nitrogens is 4. The summed E-state index contributed by atoms with van der Waals surface area (Å²) < 4.78 is 0. The smallest absolute Gasteiger partial charge is 0.255 e. The summed E-state index contributed by atoms with van der Waals surface area (Å²) in [7, 11) is 0. The second-order valence-corrected chi connectivity index (χ2v) is 6.64. The molecule has 0 aromatic carbocycles. The third kappa shape index (κ3) is 3.13. The summed E-state index contributed by atoms with van der Waals surface area (Å²) in [6.45, 7) is 6.54. The van der Waals surface area contributed by atoms with Crippen molar-refractivity contribution < 1.29 is 0 Å². The van der Waals surface area contributed by atoms with E-state index < -0.39 is 0 Å². The van der Waals surface area contributed by atoms with Gasteiger partial charge in [0.1, 0.15) is 5.82 Å². The van der Waals surface area contributed by atoms with Gasteiger partial charge in [-0.3, -0.25) is 14.7 Å². The molecule has 4 heterocycles. The van der Waals surface area contributed by atoms with Crippen LogP contribution in [0.15, 0.2) is 35.4 Å². The highest BCUT2D eigenvalue weighted by Crippen LogP contribution is 2.20. The SMILES string of the molecule is Cc1cc(CN2CCc3nc(-c4cccnc4)[nH]c(=O)c3C2)c(C)[nH]1. The Morgan fingerprint density at radius 2 is 2.16 bits per heavy atom. The van der Waals surface area contributed by atoms with Crippen LogP contribution in [0.1, 0.15) is 28.2 Å². The van der Waals surface area contributed by atoms with Crippen LogP contribution < -0.4 is 5.56 Å². The van der Waals surface area contributed by atoms with E-state index in [2.05, 4.69) is 44.7 Å². The van der Waals surface area contributed by atoms with Gasteiger partial charge in [-0.05, 0) is 37.6 Å². The van der Waals surface area contributed by atoms with E-state index in [1.54, 1.807) is 12.4 Å². The van der Waals surface area contributed by atoms with Gasteiger partial charge in [0.05, 0.1) is 11.3 Å². The van der Waals surface area contributed by atoms with Gasteiger partial charge in [-0.2, -0.15) is 0 Å². The Hall–Kier alpha value is -2.73. The number of nitrogens with one attached hydrogen (secondary N) is 2. The van der Waals surface area contributed by atoms with E-state index in [1.807, 2.05) is 12.1 Å². The minimum Gasteiger partial charge on any atom is -0.362 e. The fraction of sp³-hybridized carbons (Fsp3) is 0.316. The number of aryl methyl sites for hydroxylation is 2. The van der Waals surface area contributed by atoms with Crippen LogP contribution in [0.4, 0.5) is 0 Å². The lowest BCUT2D eigenvalue weighted by molar-refractivity contribution is 0.241. The Labute approximate surface area is 146 Å². The number of nitrogens with zero attached hydrogens (tertiary/aromatic N) is 3. The summed E-state index contributed by atoms with van der Waals surface area (Å²) in [5.74, 6) is 0.599. The van der Waals surface area contributed by atoms with Crippen LogP contribution in [0.5, 0.6) is 0 Å². The molecule has 0 unspecified atom stereocenters. The van der Waals surface area contributed by atoms with E-state index in [0.717, 1.165) is 36.3 Å². The van der Waals surface area contributed by atoms with Gasteiger partial charge in [0.15, 0.2) is 0 Å². The Morgan fingerprint density at radius 3 is 2.88 bits per heavy atom. The lowest BCUT2D eigenvalue weighted by Gasteiger charge is -2.27. The Balaban J connectivity index is 1.59. The van der Waals surface area contributed by atoms with Gasteiger partial charge in [0.2, 0.25) is 0 Å². The molecule has 1 aliphatic rings. The second kappa shape index (κ2) is 6.29. The number of hydrogen-bond acceptors (Lipinski definition) is 4.